The number of aryl methyl sites for hydroxylation is 1. The van der Waals surface area contributed by atoms with Crippen LogP contribution >= 0.6 is 0 Å². The molecule has 1 N–H and O–H groups in total. The summed E-state index contributed by atoms with van der Waals surface area (Å²) in [7, 11) is 0. The van der Waals surface area contributed by atoms with Crippen molar-refractivity contribution in [3.05, 3.63) is 54.1 Å². The first-order chi connectivity index (χ1) is 8.28. The minimum absolute atomic E-state index is 0.765. The van der Waals surface area contributed by atoms with Gasteiger partial charge in [-0.25, -0.2) is 4.68 Å². The number of nitrogens with zero attached hydrogens (tertiary/aromatic N) is 3. The van der Waals surface area contributed by atoms with Crippen LogP contribution < -0.4 is 5.32 Å². The fourth-order valence-corrected chi connectivity index (χ4v) is 1.60. The molecule has 2 aromatic heterocycles. The van der Waals surface area contributed by atoms with Crippen LogP contribution in [0.3, 0.4) is 0 Å². The van der Waals surface area contributed by atoms with Gasteiger partial charge in [-0.3, -0.25) is 4.98 Å². The molecule has 0 unspecified atom stereocenters. The highest BCUT2D eigenvalue weighted by Crippen LogP contribution is 2.00. The van der Waals surface area contributed by atoms with E-state index in [0.717, 1.165) is 30.0 Å². The Morgan fingerprint density at radius 3 is 3.00 bits per heavy atom. The Kier molecular flexibility index (Phi) is 3.67. The maximum atomic E-state index is 4.43. The van der Waals surface area contributed by atoms with Crippen LogP contribution in [-0.4, -0.2) is 14.8 Å². The van der Waals surface area contributed by atoms with E-state index >= 15 is 0 Å². The van der Waals surface area contributed by atoms with Crippen LogP contribution in [0.2, 0.25) is 0 Å². The molecule has 0 saturated carbocycles. The Morgan fingerprint density at radius 1 is 1.41 bits per heavy atom. The number of rotatable bonds is 5. The summed E-state index contributed by atoms with van der Waals surface area (Å²) in [6.07, 6.45) is 5.45. The van der Waals surface area contributed by atoms with Crippen molar-refractivity contribution in [1.82, 2.24) is 20.1 Å². The van der Waals surface area contributed by atoms with Crippen molar-refractivity contribution >= 4 is 6.20 Å². The van der Waals surface area contributed by atoms with Gasteiger partial charge in [-0.2, -0.15) is 5.10 Å². The fraction of sp³-hybridized carbons (Fsp3) is 0.231. The summed E-state index contributed by atoms with van der Waals surface area (Å²) in [5, 5.41) is 7.45. The lowest BCUT2D eigenvalue weighted by molar-refractivity contribution is 0.678. The van der Waals surface area contributed by atoms with E-state index in [1.807, 2.05) is 37.5 Å². The fourth-order valence-electron chi connectivity index (χ4n) is 1.60. The standard InChI is InChI=1S/C13H16N4/c1-3-17-10-12(8-15-17)7-14-9-13-6-4-5-11(2)16-13/h3-6,8,10,14H,1,7,9H2,2H3. The van der Waals surface area contributed by atoms with E-state index in [4.69, 9.17) is 0 Å². The summed E-state index contributed by atoms with van der Waals surface area (Å²) in [5.41, 5.74) is 3.24. The summed E-state index contributed by atoms with van der Waals surface area (Å²) in [6.45, 7) is 7.20. The first-order valence-electron chi connectivity index (χ1n) is 5.57. The highest BCUT2D eigenvalue weighted by Gasteiger charge is 1.98. The lowest BCUT2D eigenvalue weighted by Crippen LogP contribution is -2.13. The molecule has 2 aromatic rings. The molecule has 17 heavy (non-hydrogen) atoms. The second-order valence-electron chi connectivity index (χ2n) is 3.89. The molecule has 2 rings (SSSR count). The van der Waals surface area contributed by atoms with Crippen LogP contribution in [0.25, 0.3) is 6.20 Å². The molecule has 0 aromatic carbocycles. The zero-order valence-electron chi connectivity index (χ0n) is 9.93. The molecule has 0 atom stereocenters. The SMILES string of the molecule is C=Cn1cc(CNCc2cccc(C)n2)cn1. The molecule has 4 heteroatoms. The van der Waals surface area contributed by atoms with Gasteiger partial charge in [0, 0.05) is 36.7 Å². The predicted molar refractivity (Wildman–Crippen MR) is 68.1 cm³/mol. The van der Waals surface area contributed by atoms with Crippen molar-refractivity contribution in [2.45, 2.75) is 20.0 Å². The number of pyridine rings is 1. The van der Waals surface area contributed by atoms with Gasteiger partial charge in [-0.05, 0) is 19.1 Å². The molecule has 0 radical (unpaired) electrons. The number of aromatic nitrogens is 3. The van der Waals surface area contributed by atoms with Crippen LogP contribution in [-0.2, 0) is 13.1 Å². The quantitative estimate of drug-likeness (QED) is 0.851. The maximum absolute atomic E-state index is 4.43. The van der Waals surface area contributed by atoms with E-state index in [1.54, 1.807) is 10.9 Å². The minimum atomic E-state index is 0.765. The third-order valence-electron chi connectivity index (χ3n) is 2.42. The molecule has 0 bridgehead atoms. The van der Waals surface area contributed by atoms with E-state index in [1.165, 1.54) is 0 Å². The van der Waals surface area contributed by atoms with Gasteiger partial charge in [0.15, 0.2) is 0 Å². The van der Waals surface area contributed by atoms with E-state index in [0.29, 0.717) is 0 Å². The molecule has 0 saturated heterocycles. The van der Waals surface area contributed by atoms with E-state index in [-0.39, 0.29) is 0 Å². The zero-order valence-corrected chi connectivity index (χ0v) is 9.93. The van der Waals surface area contributed by atoms with Gasteiger partial charge in [0.2, 0.25) is 0 Å². The summed E-state index contributed by atoms with van der Waals surface area (Å²) in [5.74, 6) is 0. The van der Waals surface area contributed by atoms with Gasteiger partial charge < -0.3 is 5.32 Å². The largest absolute Gasteiger partial charge is 0.307 e. The Bertz CT molecular complexity index is 502. The summed E-state index contributed by atoms with van der Waals surface area (Å²) in [4.78, 5) is 4.43. The van der Waals surface area contributed by atoms with Crippen molar-refractivity contribution in [2.75, 3.05) is 0 Å². The third kappa shape index (κ3) is 3.26. The first kappa shape index (κ1) is 11.5. The molecule has 0 spiro atoms. The molecular formula is C13H16N4. The van der Waals surface area contributed by atoms with E-state index in [2.05, 4.69) is 22.0 Å². The van der Waals surface area contributed by atoms with Crippen LogP contribution in [0.4, 0.5) is 0 Å². The van der Waals surface area contributed by atoms with Crippen LogP contribution in [0, 0.1) is 6.92 Å². The van der Waals surface area contributed by atoms with Gasteiger partial charge in [-0.15, -0.1) is 0 Å². The normalized spacial score (nSPS) is 10.4. The molecule has 0 aliphatic carbocycles. The molecule has 0 fully saturated rings. The maximum Gasteiger partial charge on any atom is 0.0544 e. The third-order valence-corrected chi connectivity index (χ3v) is 2.42. The van der Waals surface area contributed by atoms with Gasteiger partial charge in [-0.1, -0.05) is 12.6 Å². The minimum Gasteiger partial charge on any atom is -0.307 e. The highest BCUT2D eigenvalue weighted by atomic mass is 15.2. The average Bonchev–Trinajstić information content (AvgIpc) is 2.77. The lowest BCUT2D eigenvalue weighted by Gasteiger charge is -2.03. The smallest absolute Gasteiger partial charge is 0.0544 e. The topological polar surface area (TPSA) is 42.7 Å². The van der Waals surface area contributed by atoms with Crippen molar-refractivity contribution in [3.8, 4) is 0 Å². The molecule has 4 nitrogen and oxygen atoms in total. The Hall–Kier alpha value is -1.94. The number of hydrogen-bond donors (Lipinski definition) is 1. The van der Waals surface area contributed by atoms with Gasteiger partial charge in [0.1, 0.15) is 0 Å². The van der Waals surface area contributed by atoms with E-state index in [9.17, 15) is 0 Å². The molecule has 2 heterocycles. The zero-order chi connectivity index (χ0) is 12.1. The lowest BCUT2D eigenvalue weighted by atomic mass is 10.3. The Morgan fingerprint density at radius 2 is 2.29 bits per heavy atom. The molecule has 0 aliphatic rings. The van der Waals surface area contributed by atoms with Gasteiger partial charge in [0.25, 0.3) is 0 Å². The predicted octanol–water partition coefficient (Wildman–Crippen LogP) is 1.98. The summed E-state index contributed by atoms with van der Waals surface area (Å²) >= 11 is 0. The number of nitrogens with one attached hydrogen (secondary N) is 1. The van der Waals surface area contributed by atoms with Crippen molar-refractivity contribution in [3.63, 3.8) is 0 Å². The Balaban J connectivity index is 1.85. The van der Waals surface area contributed by atoms with Crippen molar-refractivity contribution in [1.29, 1.82) is 0 Å². The number of hydrogen-bond acceptors (Lipinski definition) is 3. The van der Waals surface area contributed by atoms with Gasteiger partial charge in [0.05, 0.1) is 11.9 Å². The molecule has 88 valence electrons. The highest BCUT2D eigenvalue weighted by molar-refractivity contribution is 5.17. The van der Waals surface area contributed by atoms with Crippen molar-refractivity contribution in [2.24, 2.45) is 0 Å². The Labute approximate surface area is 101 Å². The van der Waals surface area contributed by atoms with Crippen LogP contribution in [0.5, 0.6) is 0 Å². The van der Waals surface area contributed by atoms with Crippen LogP contribution in [0.1, 0.15) is 17.0 Å². The second-order valence-corrected chi connectivity index (χ2v) is 3.89. The van der Waals surface area contributed by atoms with Crippen molar-refractivity contribution < 1.29 is 0 Å². The second kappa shape index (κ2) is 5.41. The van der Waals surface area contributed by atoms with Gasteiger partial charge >= 0.3 is 0 Å². The van der Waals surface area contributed by atoms with E-state index < -0.39 is 0 Å². The molecule has 0 aliphatic heterocycles. The summed E-state index contributed by atoms with van der Waals surface area (Å²) in [6, 6.07) is 6.04. The van der Waals surface area contributed by atoms with Crippen LogP contribution in [0.15, 0.2) is 37.2 Å². The summed E-state index contributed by atoms with van der Waals surface area (Å²) < 4.78 is 1.70. The monoisotopic (exact) mass is 228 g/mol. The molecule has 0 amide bonds. The average molecular weight is 228 g/mol. The molecular weight excluding hydrogens is 212 g/mol. The first-order valence-corrected chi connectivity index (χ1v) is 5.57.